The van der Waals surface area contributed by atoms with Crippen molar-refractivity contribution in [2.45, 2.75) is 0 Å². The van der Waals surface area contributed by atoms with Gasteiger partial charge in [-0.1, -0.05) is 0 Å². The fourth-order valence-electron chi connectivity index (χ4n) is 0. The van der Waals surface area contributed by atoms with Crippen LogP contribution in [0.2, 0.25) is 0 Å². The van der Waals surface area contributed by atoms with Crippen LogP contribution in [0.25, 0.3) is 0 Å². The first-order chi connectivity index (χ1) is 0. The molecular formula is AlFeNaSi. The van der Waals surface area contributed by atoms with Crippen molar-refractivity contribution >= 4 is 57.9 Å². The molecule has 0 nitrogen and oxygen atoms in total. The molecule has 0 saturated carbocycles. The maximum absolute atomic E-state index is 0. The predicted octanol–water partition coefficient (Wildman–Crippen LogP) is -1.14. The van der Waals surface area contributed by atoms with Gasteiger partial charge >= 0.3 is 0 Å². The second-order valence-corrected chi connectivity index (χ2v) is 0. The molecule has 0 heterocycles. The van der Waals surface area contributed by atoms with Crippen LogP contribution in [-0.2, 0) is 17.1 Å². The summed E-state index contributed by atoms with van der Waals surface area (Å²) in [7, 11) is 0. The summed E-state index contributed by atoms with van der Waals surface area (Å²) in [4.78, 5) is 0. The number of rotatable bonds is 0. The minimum absolute atomic E-state index is 0. The summed E-state index contributed by atoms with van der Waals surface area (Å²) in [6.07, 6.45) is 0. The van der Waals surface area contributed by atoms with Crippen molar-refractivity contribution in [2.75, 3.05) is 0 Å². The minimum atomic E-state index is 0. The molecular weight excluding hydrogens is 134 g/mol. The first-order valence-corrected chi connectivity index (χ1v) is 0. The van der Waals surface area contributed by atoms with Crippen LogP contribution in [0.4, 0.5) is 0 Å². The third kappa shape index (κ3) is 8.86. The van der Waals surface area contributed by atoms with Crippen LogP contribution < -0.4 is 0 Å². The number of hydrogen-bond donors (Lipinski definition) is 0. The Balaban J connectivity index is 0. The van der Waals surface area contributed by atoms with Crippen molar-refractivity contribution in [1.29, 1.82) is 0 Å². The summed E-state index contributed by atoms with van der Waals surface area (Å²) in [5.74, 6) is 0. The summed E-state index contributed by atoms with van der Waals surface area (Å²) >= 11 is 0. The summed E-state index contributed by atoms with van der Waals surface area (Å²) in [5, 5.41) is 0. The normalized spacial score (nSPS) is 0. The zero-order valence-corrected chi connectivity index (χ0v) is 7.69. The Labute approximate surface area is 74.0 Å². The van der Waals surface area contributed by atoms with E-state index in [-0.39, 0.29) is 75.0 Å². The second kappa shape index (κ2) is 18.7. The summed E-state index contributed by atoms with van der Waals surface area (Å²) < 4.78 is 0. The van der Waals surface area contributed by atoms with Gasteiger partial charge in [-0.15, -0.1) is 0 Å². The van der Waals surface area contributed by atoms with E-state index in [0.29, 0.717) is 0 Å². The fourth-order valence-corrected chi connectivity index (χ4v) is 0. The molecule has 0 aromatic heterocycles. The van der Waals surface area contributed by atoms with Gasteiger partial charge in [0, 0.05) is 75.0 Å². The van der Waals surface area contributed by atoms with Crippen LogP contribution in [0.3, 0.4) is 0 Å². The van der Waals surface area contributed by atoms with E-state index >= 15 is 0 Å². The van der Waals surface area contributed by atoms with Gasteiger partial charge in [-0.2, -0.15) is 0 Å². The third-order valence-corrected chi connectivity index (χ3v) is 0. The van der Waals surface area contributed by atoms with E-state index < -0.39 is 0 Å². The molecule has 0 spiro atoms. The maximum Gasteiger partial charge on any atom is 0 e. The second-order valence-electron chi connectivity index (χ2n) is 0. The van der Waals surface area contributed by atoms with Gasteiger partial charge in [-0.25, -0.2) is 0 Å². The Morgan fingerprint density at radius 2 is 1.00 bits per heavy atom. The van der Waals surface area contributed by atoms with Crippen molar-refractivity contribution in [3.63, 3.8) is 0 Å². The molecule has 0 aliphatic rings. The Hall–Kier alpha value is 2.27. The number of hydrogen-bond acceptors (Lipinski definition) is 0. The molecule has 8 radical (unpaired) electrons. The van der Waals surface area contributed by atoms with E-state index in [0.717, 1.165) is 0 Å². The molecule has 0 N–H and O–H groups in total. The van der Waals surface area contributed by atoms with Gasteiger partial charge < -0.3 is 0 Å². The van der Waals surface area contributed by atoms with Gasteiger partial charge in [0.05, 0.1) is 0 Å². The van der Waals surface area contributed by atoms with Crippen LogP contribution in [0.1, 0.15) is 0 Å². The average Bonchev–Trinajstić information content (AvgIpc) is 0. The quantitative estimate of drug-likeness (QED) is 0.367. The molecule has 0 rings (SSSR count). The summed E-state index contributed by atoms with van der Waals surface area (Å²) in [5.41, 5.74) is 0. The smallest absolute Gasteiger partial charge is 0 e. The van der Waals surface area contributed by atoms with Crippen molar-refractivity contribution in [1.82, 2.24) is 0 Å². The van der Waals surface area contributed by atoms with Gasteiger partial charge in [0.1, 0.15) is 0 Å². The molecule has 0 bridgehead atoms. The van der Waals surface area contributed by atoms with Crippen molar-refractivity contribution in [3.05, 3.63) is 0 Å². The molecule has 0 aliphatic carbocycles. The monoisotopic (exact) mass is 134 g/mol. The zero-order chi connectivity index (χ0) is 0. The van der Waals surface area contributed by atoms with Gasteiger partial charge in [-0.3, -0.25) is 0 Å². The van der Waals surface area contributed by atoms with E-state index in [9.17, 15) is 0 Å². The molecule has 0 aliphatic heterocycles. The molecule has 0 fully saturated rings. The first kappa shape index (κ1) is 33.8. The molecule has 0 saturated heterocycles. The molecule has 4 heavy (non-hydrogen) atoms. The molecule has 16 valence electrons. The van der Waals surface area contributed by atoms with Gasteiger partial charge in [-0.05, 0) is 0 Å². The van der Waals surface area contributed by atoms with Crippen LogP contribution in [-0.4, -0.2) is 57.9 Å². The van der Waals surface area contributed by atoms with Crippen LogP contribution in [0.15, 0.2) is 0 Å². The topological polar surface area (TPSA) is 0 Å². The molecule has 4 heteroatoms. The van der Waals surface area contributed by atoms with E-state index in [2.05, 4.69) is 0 Å². The fraction of sp³-hybridized carbons (Fsp3) is 0. The largest absolute Gasteiger partial charge is 0 e. The van der Waals surface area contributed by atoms with Crippen LogP contribution >= 0.6 is 0 Å². The van der Waals surface area contributed by atoms with Gasteiger partial charge in [0.2, 0.25) is 0 Å². The molecule has 0 aromatic carbocycles. The maximum atomic E-state index is 0. The van der Waals surface area contributed by atoms with E-state index in [1.165, 1.54) is 0 Å². The standard InChI is InChI=1S/Al.Fe.Na.Si. The molecule has 0 atom stereocenters. The molecule has 0 aromatic rings. The average molecular weight is 134 g/mol. The Kier molecular flexibility index (Phi) is 158. The SMILES string of the molecule is [Al].[Fe].[Na].[Si]. The van der Waals surface area contributed by atoms with E-state index in [1.54, 1.807) is 0 Å². The zero-order valence-electron chi connectivity index (χ0n) is 2.43. The summed E-state index contributed by atoms with van der Waals surface area (Å²) in [6.45, 7) is 0. The van der Waals surface area contributed by atoms with Crippen molar-refractivity contribution < 1.29 is 17.1 Å². The molecule has 0 unspecified atom stereocenters. The van der Waals surface area contributed by atoms with Crippen molar-refractivity contribution in [3.8, 4) is 0 Å². The van der Waals surface area contributed by atoms with E-state index in [1.807, 2.05) is 0 Å². The van der Waals surface area contributed by atoms with E-state index in [4.69, 9.17) is 0 Å². The third-order valence-electron chi connectivity index (χ3n) is 0. The molecule has 0 amide bonds. The minimum Gasteiger partial charge on any atom is 0 e. The Morgan fingerprint density at radius 1 is 1.00 bits per heavy atom. The summed E-state index contributed by atoms with van der Waals surface area (Å²) in [6, 6.07) is 0. The Morgan fingerprint density at radius 3 is 1.00 bits per heavy atom. The predicted molar refractivity (Wildman–Crippen MR) is 17.3 cm³/mol. The van der Waals surface area contributed by atoms with Crippen LogP contribution in [0, 0.1) is 0 Å². The van der Waals surface area contributed by atoms with Gasteiger partial charge in [0.25, 0.3) is 0 Å². The van der Waals surface area contributed by atoms with Gasteiger partial charge in [0.15, 0.2) is 0 Å². The van der Waals surface area contributed by atoms with Crippen molar-refractivity contribution in [2.24, 2.45) is 0 Å². The van der Waals surface area contributed by atoms with Crippen LogP contribution in [0.5, 0.6) is 0 Å². The Bertz CT molecular complexity index is 8.00. The first-order valence-electron chi connectivity index (χ1n) is 0.